The molecule has 0 amide bonds. The van der Waals surface area contributed by atoms with Gasteiger partial charge in [-0.25, -0.2) is 0 Å². The first kappa shape index (κ1) is 10.5. The maximum atomic E-state index is 6.39. The Kier molecular flexibility index (Phi) is 2.27. The molecule has 2 aromatic rings. The van der Waals surface area contributed by atoms with Crippen LogP contribution in [0.1, 0.15) is 26.3 Å². The van der Waals surface area contributed by atoms with E-state index >= 15 is 0 Å². The first-order chi connectivity index (χ1) is 6.89. The molecule has 0 unspecified atom stereocenters. The number of hydrogen-bond donors (Lipinski definition) is 0. The second-order valence-electron chi connectivity index (χ2n) is 4.91. The highest BCUT2D eigenvalue weighted by molar-refractivity contribution is 6.36. The van der Waals surface area contributed by atoms with Gasteiger partial charge in [0.25, 0.3) is 0 Å². The zero-order chi connectivity index (χ0) is 11.2. The van der Waals surface area contributed by atoms with Crippen molar-refractivity contribution in [1.29, 1.82) is 0 Å². The molecule has 0 aliphatic carbocycles. The quantitative estimate of drug-likeness (QED) is 0.667. The third-order valence-corrected chi connectivity index (χ3v) is 2.95. The average molecular weight is 223 g/mol. The minimum Gasteiger partial charge on any atom is -0.275 e. The molecule has 0 bridgehead atoms. The van der Waals surface area contributed by atoms with E-state index in [4.69, 9.17) is 11.6 Å². The molecule has 2 nitrogen and oxygen atoms in total. The van der Waals surface area contributed by atoms with E-state index in [2.05, 4.69) is 31.9 Å². The van der Waals surface area contributed by atoms with Gasteiger partial charge in [0, 0.05) is 18.6 Å². The van der Waals surface area contributed by atoms with Crippen LogP contribution in [-0.2, 0) is 12.5 Å². The number of rotatable bonds is 0. The Morgan fingerprint density at radius 3 is 2.53 bits per heavy atom. The summed E-state index contributed by atoms with van der Waals surface area (Å²) in [6, 6.07) is 4.10. The third-order valence-electron chi connectivity index (χ3n) is 2.55. The number of fused-ring (bicyclic) bond motifs is 1. The minimum atomic E-state index is 0.0706. The van der Waals surface area contributed by atoms with E-state index in [9.17, 15) is 0 Å². The lowest BCUT2D eigenvalue weighted by Gasteiger charge is -2.20. The van der Waals surface area contributed by atoms with Gasteiger partial charge in [-0.15, -0.1) is 0 Å². The normalized spacial score (nSPS) is 12.3. The van der Waals surface area contributed by atoms with Crippen molar-refractivity contribution in [2.45, 2.75) is 26.2 Å². The molecule has 0 saturated carbocycles. The Bertz CT molecular complexity index is 506. The fourth-order valence-corrected chi connectivity index (χ4v) is 2.25. The number of hydrogen-bond acceptors (Lipinski definition) is 1. The number of halogens is 1. The summed E-state index contributed by atoms with van der Waals surface area (Å²) in [7, 11) is 1.91. The van der Waals surface area contributed by atoms with E-state index in [-0.39, 0.29) is 5.41 Å². The van der Waals surface area contributed by atoms with Crippen molar-refractivity contribution >= 4 is 22.5 Å². The summed E-state index contributed by atoms with van der Waals surface area (Å²) in [5, 5.41) is 6.19. The fourth-order valence-electron chi connectivity index (χ4n) is 1.76. The van der Waals surface area contributed by atoms with Crippen LogP contribution in [0.2, 0.25) is 5.02 Å². The predicted molar refractivity (Wildman–Crippen MR) is 64.4 cm³/mol. The van der Waals surface area contributed by atoms with E-state index in [1.807, 2.05) is 19.3 Å². The van der Waals surface area contributed by atoms with Crippen molar-refractivity contribution in [3.63, 3.8) is 0 Å². The van der Waals surface area contributed by atoms with Crippen molar-refractivity contribution in [2.75, 3.05) is 0 Å². The topological polar surface area (TPSA) is 17.8 Å². The molecule has 1 heterocycles. The highest BCUT2D eigenvalue weighted by atomic mass is 35.5. The summed E-state index contributed by atoms with van der Waals surface area (Å²) in [5.41, 5.74) is 2.20. The van der Waals surface area contributed by atoms with Gasteiger partial charge in [0.05, 0.1) is 10.5 Å². The maximum absolute atomic E-state index is 6.39. The van der Waals surface area contributed by atoms with E-state index in [1.54, 1.807) is 4.68 Å². The fraction of sp³-hybridized carbons (Fsp3) is 0.417. The van der Waals surface area contributed by atoms with Crippen LogP contribution in [-0.4, -0.2) is 9.78 Å². The molecule has 0 fully saturated rings. The zero-order valence-electron chi connectivity index (χ0n) is 9.50. The number of benzene rings is 1. The summed E-state index contributed by atoms with van der Waals surface area (Å²) in [4.78, 5) is 0. The van der Waals surface area contributed by atoms with Crippen molar-refractivity contribution in [1.82, 2.24) is 9.78 Å². The highest BCUT2D eigenvalue weighted by Crippen LogP contribution is 2.34. The van der Waals surface area contributed by atoms with Gasteiger partial charge in [-0.05, 0) is 17.0 Å². The predicted octanol–water partition coefficient (Wildman–Crippen LogP) is 3.52. The molecule has 3 heteroatoms. The lowest BCUT2D eigenvalue weighted by atomic mass is 9.86. The summed E-state index contributed by atoms with van der Waals surface area (Å²) < 4.78 is 1.79. The van der Waals surface area contributed by atoms with Crippen LogP contribution < -0.4 is 0 Å². The molecule has 0 aliphatic heterocycles. The van der Waals surface area contributed by atoms with Crippen LogP contribution >= 0.6 is 11.6 Å². The van der Waals surface area contributed by atoms with Gasteiger partial charge < -0.3 is 0 Å². The van der Waals surface area contributed by atoms with Crippen LogP contribution in [0.25, 0.3) is 10.9 Å². The standard InChI is InChI=1S/C12H15ClN2/c1-12(2,3)9-5-6-10-8(11(9)13)7-15(4)14-10/h5-7H,1-4H3. The average Bonchev–Trinajstić information content (AvgIpc) is 2.44. The van der Waals surface area contributed by atoms with Crippen LogP contribution in [0, 0.1) is 0 Å². The largest absolute Gasteiger partial charge is 0.275 e. The second kappa shape index (κ2) is 3.24. The summed E-state index contributed by atoms with van der Waals surface area (Å²) in [6.07, 6.45) is 1.97. The molecule has 0 saturated heterocycles. The summed E-state index contributed by atoms with van der Waals surface area (Å²) in [6.45, 7) is 6.49. The Hall–Kier alpha value is -1.02. The van der Waals surface area contributed by atoms with Crippen molar-refractivity contribution < 1.29 is 0 Å². The van der Waals surface area contributed by atoms with Crippen LogP contribution in [0.15, 0.2) is 18.3 Å². The van der Waals surface area contributed by atoms with Crippen LogP contribution in [0.4, 0.5) is 0 Å². The van der Waals surface area contributed by atoms with E-state index in [0.29, 0.717) is 0 Å². The van der Waals surface area contributed by atoms with E-state index in [1.165, 1.54) is 5.56 Å². The zero-order valence-corrected chi connectivity index (χ0v) is 10.3. The molecule has 0 spiro atoms. The van der Waals surface area contributed by atoms with Gasteiger partial charge in [-0.2, -0.15) is 5.10 Å². The first-order valence-corrected chi connectivity index (χ1v) is 5.40. The second-order valence-corrected chi connectivity index (χ2v) is 5.29. The summed E-state index contributed by atoms with van der Waals surface area (Å²) >= 11 is 6.39. The molecular weight excluding hydrogens is 208 g/mol. The van der Waals surface area contributed by atoms with Crippen molar-refractivity contribution in [3.05, 3.63) is 28.9 Å². The van der Waals surface area contributed by atoms with Crippen molar-refractivity contribution in [3.8, 4) is 0 Å². The van der Waals surface area contributed by atoms with E-state index < -0.39 is 0 Å². The maximum Gasteiger partial charge on any atom is 0.0938 e. The molecule has 15 heavy (non-hydrogen) atoms. The monoisotopic (exact) mass is 222 g/mol. The Balaban J connectivity index is 2.75. The van der Waals surface area contributed by atoms with Crippen LogP contribution in [0.5, 0.6) is 0 Å². The van der Waals surface area contributed by atoms with E-state index in [0.717, 1.165) is 15.9 Å². The molecule has 1 aromatic carbocycles. The van der Waals surface area contributed by atoms with Crippen molar-refractivity contribution in [2.24, 2.45) is 7.05 Å². The van der Waals surface area contributed by atoms with Gasteiger partial charge in [0.1, 0.15) is 0 Å². The third kappa shape index (κ3) is 1.74. The number of aromatic nitrogens is 2. The molecule has 2 rings (SSSR count). The van der Waals surface area contributed by atoms with Gasteiger partial charge in [-0.1, -0.05) is 38.4 Å². The Morgan fingerprint density at radius 1 is 1.27 bits per heavy atom. The summed E-state index contributed by atoms with van der Waals surface area (Å²) in [5.74, 6) is 0. The molecule has 0 radical (unpaired) electrons. The Labute approximate surface area is 94.8 Å². The molecule has 0 N–H and O–H groups in total. The van der Waals surface area contributed by atoms with Gasteiger partial charge >= 0.3 is 0 Å². The number of nitrogens with zero attached hydrogens (tertiary/aromatic N) is 2. The molecule has 80 valence electrons. The van der Waals surface area contributed by atoms with Gasteiger partial charge in [0.2, 0.25) is 0 Å². The van der Waals surface area contributed by atoms with Gasteiger partial charge in [0.15, 0.2) is 0 Å². The molecular formula is C12H15ClN2. The lowest BCUT2D eigenvalue weighted by Crippen LogP contribution is -2.11. The lowest BCUT2D eigenvalue weighted by molar-refractivity contribution is 0.591. The molecule has 1 aromatic heterocycles. The SMILES string of the molecule is Cn1cc2c(Cl)c(C(C)(C)C)ccc2n1. The minimum absolute atomic E-state index is 0.0706. The smallest absolute Gasteiger partial charge is 0.0938 e. The van der Waals surface area contributed by atoms with Crippen LogP contribution in [0.3, 0.4) is 0 Å². The molecule has 0 aliphatic rings. The highest BCUT2D eigenvalue weighted by Gasteiger charge is 2.19. The first-order valence-electron chi connectivity index (χ1n) is 5.02. The Morgan fingerprint density at radius 2 is 1.93 bits per heavy atom. The number of aryl methyl sites for hydroxylation is 1. The van der Waals surface area contributed by atoms with Gasteiger partial charge in [-0.3, -0.25) is 4.68 Å². The molecule has 0 atom stereocenters.